The van der Waals surface area contributed by atoms with E-state index in [1.54, 1.807) is 0 Å². The van der Waals surface area contributed by atoms with Crippen LogP contribution < -0.4 is 5.32 Å². The molecular formula is C18H20ClFN2O3. The number of Topliss-reactive ketones (excluding diaryl/α,β-unsaturated/α-hetero) is 1. The van der Waals surface area contributed by atoms with Gasteiger partial charge in [0.05, 0.1) is 10.9 Å². The van der Waals surface area contributed by atoms with Gasteiger partial charge in [0.2, 0.25) is 11.7 Å². The van der Waals surface area contributed by atoms with Crippen LogP contribution in [-0.4, -0.2) is 35.6 Å². The van der Waals surface area contributed by atoms with Gasteiger partial charge in [-0.1, -0.05) is 18.5 Å². The third-order valence-corrected chi connectivity index (χ3v) is 5.25. The number of carbonyl (C=O) groups excluding carboxylic acids is 3. The first-order valence-corrected chi connectivity index (χ1v) is 8.73. The molecule has 2 aliphatic rings. The average Bonchev–Trinajstić information content (AvgIpc) is 3.10. The second kappa shape index (κ2) is 6.75. The quantitative estimate of drug-likeness (QED) is 0.814. The number of nitrogens with zero attached hydrogens (tertiary/aromatic N) is 1. The second-order valence-corrected chi connectivity index (χ2v) is 7.67. The van der Waals surface area contributed by atoms with E-state index in [1.807, 2.05) is 6.92 Å². The lowest BCUT2D eigenvalue weighted by atomic mass is 10.0. The molecule has 5 nitrogen and oxygen atoms in total. The molecule has 1 heterocycles. The minimum absolute atomic E-state index is 0.00883. The topological polar surface area (TPSA) is 66.5 Å². The Morgan fingerprint density at radius 3 is 2.72 bits per heavy atom. The molecule has 0 bridgehead atoms. The second-order valence-electron chi connectivity index (χ2n) is 7.27. The number of ketones is 1. The Kier molecular flexibility index (Phi) is 4.82. The van der Waals surface area contributed by atoms with Crippen LogP contribution >= 0.6 is 11.6 Å². The molecular weight excluding hydrogens is 347 g/mol. The van der Waals surface area contributed by atoms with E-state index in [1.165, 1.54) is 23.1 Å². The number of likely N-dealkylation sites (tertiary alicyclic amines) is 1. The molecule has 1 aliphatic carbocycles. The molecule has 2 amide bonds. The molecule has 0 spiro atoms. The number of nitrogens with one attached hydrogen (secondary N) is 1. The van der Waals surface area contributed by atoms with Gasteiger partial charge in [0, 0.05) is 25.2 Å². The zero-order valence-corrected chi connectivity index (χ0v) is 14.7. The fourth-order valence-electron chi connectivity index (χ4n) is 3.01. The van der Waals surface area contributed by atoms with Crippen molar-refractivity contribution >= 4 is 34.9 Å². The van der Waals surface area contributed by atoms with E-state index in [-0.39, 0.29) is 35.1 Å². The number of hydrogen-bond acceptors (Lipinski definition) is 3. The summed E-state index contributed by atoms with van der Waals surface area (Å²) in [5.41, 5.74) is 0.393. The van der Waals surface area contributed by atoms with Gasteiger partial charge in [-0.15, -0.1) is 0 Å². The lowest BCUT2D eigenvalue weighted by molar-refractivity contribution is -0.144. The highest BCUT2D eigenvalue weighted by Gasteiger charge is 2.42. The van der Waals surface area contributed by atoms with Crippen molar-refractivity contribution in [3.63, 3.8) is 0 Å². The molecule has 1 N–H and O–H groups in total. The van der Waals surface area contributed by atoms with Crippen LogP contribution in [0.2, 0.25) is 5.02 Å². The lowest BCUT2D eigenvalue weighted by Gasteiger charge is -2.17. The van der Waals surface area contributed by atoms with E-state index < -0.39 is 17.6 Å². The van der Waals surface area contributed by atoms with Crippen molar-refractivity contribution < 1.29 is 18.8 Å². The molecule has 0 unspecified atom stereocenters. The maximum atomic E-state index is 13.2. The third kappa shape index (κ3) is 4.18. The first-order valence-electron chi connectivity index (χ1n) is 8.35. The number of amides is 2. The summed E-state index contributed by atoms with van der Waals surface area (Å²) in [5, 5.41) is 2.61. The Morgan fingerprint density at radius 2 is 2.08 bits per heavy atom. The lowest BCUT2D eigenvalue weighted by Crippen LogP contribution is -2.36. The summed E-state index contributed by atoms with van der Waals surface area (Å²) in [7, 11) is 0. The third-order valence-electron chi connectivity index (χ3n) is 4.96. The standard InChI is InChI=1S/C18H20ClFN2O3/c1-18(5-6-18)9-15(23)17(25)22-7-4-11(10-22)16(24)21-12-2-3-14(20)13(19)8-12/h2-3,8,11H,4-7,9-10H2,1H3,(H,21,24)/t11-/m0/s1. The van der Waals surface area contributed by atoms with Crippen LogP contribution in [0, 0.1) is 17.2 Å². The normalized spacial score (nSPS) is 21.1. The molecule has 1 aromatic carbocycles. The highest BCUT2D eigenvalue weighted by Crippen LogP contribution is 2.48. The SMILES string of the molecule is CC1(CC(=O)C(=O)N2CC[C@H](C(=O)Nc3ccc(F)c(Cl)c3)C2)CC1. The maximum absolute atomic E-state index is 13.2. The van der Waals surface area contributed by atoms with Crippen molar-refractivity contribution in [1.29, 1.82) is 0 Å². The Labute approximate surface area is 150 Å². The van der Waals surface area contributed by atoms with Crippen LogP contribution in [0.1, 0.15) is 32.6 Å². The minimum Gasteiger partial charge on any atom is -0.335 e. The summed E-state index contributed by atoms with van der Waals surface area (Å²) in [6.07, 6.45) is 2.75. The van der Waals surface area contributed by atoms with Gasteiger partial charge in [0.1, 0.15) is 5.82 Å². The first kappa shape index (κ1) is 17.9. The van der Waals surface area contributed by atoms with Crippen LogP contribution in [0.5, 0.6) is 0 Å². The highest BCUT2D eigenvalue weighted by molar-refractivity contribution is 6.36. The number of anilines is 1. The first-order chi connectivity index (χ1) is 11.8. The summed E-state index contributed by atoms with van der Waals surface area (Å²) in [6, 6.07) is 3.95. The van der Waals surface area contributed by atoms with Crippen LogP contribution in [0.3, 0.4) is 0 Å². The number of benzene rings is 1. The summed E-state index contributed by atoms with van der Waals surface area (Å²) in [5.74, 6) is -2.07. The van der Waals surface area contributed by atoms with Gasteiger partial charge in [0.15, 0.2) is 0 Å². The van der Waals surface area contributed by atoms with Gasteiger partial charge < -0.3 is 10.2 Å². The van der Waals surface area contributed by atoms with Crippen LogP contribution in [0.15, 0.2) is 18.2 Å². The summed E-state index contributed by atoms with van der Waals surface area (Å²) >= 11 is 5.70. The molecule has 0 aromatic heterocycles. The minimum atomic E-state index is -0.555. The largest absolute Gasteiger partial charge is 0.335 e. The number of halogens is 2. The van der Waals surface area contributed by atoms with Crippen molar-refractivity contribution in [3.05, 3.63) is 29.0 Å². The van der Waals surface area contributed by atoms with Gasteiger partial charge >= 0.3 is 0 Å². The van der Waals surface area contributed by atoms with E-state index in [9.17, 15) is 18.8 Å². The summed E-state index contributed by atoms with van der Waals surface area (Å²) in [4.78, 5) is 38.1. The predicted molar refractivity (Wildman–Crippen MR) is 91.7 cm³/mol. The van der Waals surface area contributed by atoms with E-state index in [4.69, 9.17) is 11.6 Å². The Morgan fingerprint density at radius 1 is 1.36 bits per heavy atom. The van der Waals surface area contributed by atoms with Crippen molar-refractivity contribution in [1.82, 2.24) is 4.90 Å². The smallest absolute Gasteiger partial charge is 0.289 e. The van der Waals surface area contributed by atoms with Gasteiger partial charge in [-0.05, 0) is 42.9 Å². The number of rotatable bonds is 5. The summed E-state index contributed by atoms with van der Waals surface area (Å²) in [6.45, 7) is 2.62. The monoisotopic (exact) mass is 366 g/mol. The molecule has 1 saturated heterocycles. The molecule has 1 aliphatic heterocycles. The number of hydrogen-bond donors (Lipinski definition) is 1. The molecule has 134 valence electrons. The van der Waals surface area contributed by atoms with E-state index in [0.717, 1.165) is 12.8 Å². The van der Waals surface area contributed by atoms with Gasteiger partial charge in [-0.2, -0.15) is 0 Å². The molecule has 1 saturated carbocycles. The van der Waals surface area contributed by atoms with Crippen molar-refractivity contribution in [3.8, 4) is 0 Å². The fourth-order valence-corrected chi connectivity index (χ4v) is 3.19. The Bertz CT molecular complexity index is 733. The van der Waals surface area contributed by atoms with E-state index in [0.29, 0.717) is 18.7 Å². The predicted octanol–water partition coefficient (Wildman–Crippen LogP) is 3.03. The maximum Gasteiger partial charge on any atom is 0.289 e. The molecule has 1 atom stereocenters. The Hall–Kier alpha value is -1.95. The molecule has 25 heavy (non-hydrogen) atoms. The van der Waals surface area contributed by atoms with Crippen molar-refractivity contribution in [2.75, 3.05) is 18.4 Å². The number of carbonyl (C=O) groups is 3. The molecule has 2 fully saturated rings. The van der Waals surface area contributed by atoms with Crippen LogP contribution in [0.4, 0.5) is 10.1 Å². The molecule has 7 heteroatoms. The van der Waals surface area contributed by atoms with Crippen molar-refractivity contribution in [2.24, 2.45) is 11.3 Å². The molecule has 0 radical (unpaired) electrons. The van der Waals surface area contributed by atoms with E-state index in [2.05, 4.69) is 5.32 Å². The fraction of sp³-hybridized carbons (Fsp3) is 0.500. The zero-order chi connectivity index (χ0) is 18.2. The van der Waals surface area contributed by atoms with Gasteiger partial charge in [-0.3, -0.25) is 14.4 Å². The highest BCUT2D eigenvalue weighted by atomic mass is 35.5. The van der Waals surface area contributed by atoms with Crippen LogP contribution in [-0.2, 0) is 14.4 Å². The summed E-state index contributed by atoms with van der Waals surface area (Å²) < 4.78 is 13.2. The molecule has 3 rings (SSSR count). The Balaban J connectivity index is 1.54. The molecule has 1 aromatic rings. The van der Waals surface area contributed by atoms with E-state index >= 15 is 0 Å². The van der Waals surface area contributed by atoms with Gasteiger partial charge in [0.25, 0.3) is 5.91 Å². The van der Waals surface area contributed by atoms with Gasteiger partial charge in [-0.25, -0.2) is 4.39 Å². The van der Waals surface area contributed by atoms with Crippen LogP contribution in [0.25, 0.3) is 0 Å². The van der Waals surface area contributed by atoms with Crippen molar-refractivity contribution in [2.45, 2.75) is 32.6 Å². The zero-order valence-electron chi connectivity index (χ0n) is 14.0. The average molecular weight is 367 g/mol.